The molecule has 1 aliphatic rings. The molecule has 0 unspecified atom stereocenters. The van der Waals surface area contributed by atoms with Crippen LogP contribution in [0.5, 0.6) is 0 Å². The van der Waals surface area contributed by atoms with Crippen molar-refractivity contribution in [2.75, 3.05) is 31.1 Å². The van der Waals surface area contributed by atoms with Gasteiger partial charge in [-0.1, -0.05) is 0 Å². The predicted molar refractivity (Wildman–Crippen MR) is 112 cm³/mol. The highest BCUT2D eigenvalue weighted by Crippen LogP contribution is 2.18. The lowest BCUT2D eigenvalue weighted by Gasteiger charge is -2.36. The van der Waals surface area contributed by atoms with Gasteiger partial charge < -0.3 is 14.2 Å². The van der Waals surface area contributed by atoms with E-state index in [-0.39, 0.29) is 23.8 Å². The van der Waals surface area contributed by atoms with Gasteiger partial charge in [0.25, 0.3) is 5.56 Å². The molecule has 0 bridgehead atoms. The molecule has 0 saturated carbocycles. The summed E-state index contributed by atoms with van der Waals surface area (Å²) in [4.78, 5) is 34.2. The van der Waals surface area contributed by atoms with Crippen molar-refractivity contribution in [3.8, 4) is 0 Å². The fraction of sp³-hybridized carbons (Fsp3) is 0.227. The van der Waals surface area contributed by atoms with Crippen molar-refractivity contribution < 1.29 is 9.18 Å². The summed E-state index contributed by atoms with van der Waals surface area (Å²) >= 11 is 0. The molecule has 0 aliphatic carbocycles. The van der Waals surface area contributed by atoms with Gasteiger partial charge in [-0.05, 0) is 48.5 Å². The van der Waals surface area contributed by atoms with Crippen LogP contribution in [0.1, 0.15) is 0 Å². The first-order valence-corrected chi connectivity index (χ1v) is 9.85. The van der Waals surface area contributed by atoms with Gasteiger partial charge in [-0.25, -0.2) is 9.37 Å². The van der Waals surface area contributed by atoms with E-state index in [0.29, 0.717) is 37.3 Å². The minimum absolute atomic E-state index is 0.0510. The Balaban J connectivity index is 1.37. The lowest BCUT2D eigenvalue weighted by atomic mass is 10.2. The number of aromatic nitrogens is 3. The van der Waals surface area contributed by atoms with Crippen LogP contribution in [0.15, 0.2) is 65.7 Å². The molecule has 1 fully saturated rings. The van der Waals surface area contributed by atoms with Gasteiger partial charge in [-0.3, -0.25) is 14.2 Å². The van der Waals surface area contributed by atoms with Crippen molar-refractivity contribution in [2.24, 2.45) is 0 Å². The standard InChI is InChI=1S/C22H20FN5O2/c23-16-5-7-17(8-6-16)25-11-13-26(14-12-25)20(29)15-28-21-18(3-1-9-24-21)27-10-2-4-19(27)22(28)30/h1-10H,11-15H2. The zero-order valence-corrected chi connectivity index (χ0v) is 16.2. The first kappa shape index (κ1) is 18.4. The van der Waals surface area contributed by atoms with Gasteiger partial charge in [0.1, 0.15) is 17.9 Å². The molecule has 4 heterocycles. The highest BCUT2D eigenvalue weighted by atomic mass is 19.1. The van der Waals surface area contributed by atoms with Crippen LogP contribution in [-0.2, 0) is 11.3 Å². The van der Waals surface area contributed by atoms with E-state index in [1.54, 1.807) is 33.7 Å². The summed E-state index contributed by atoms with van der Waals surface area (Å²) in [5.74, 6) is -0.377. The van der Waals surface area contributed by atoms with Crippen LogP contribution < -0.4 is 10.5 Å². The number of rotatable bonds is 3. The summed E-state index contributed by atoms with van der Waals surface area (Å²) in [6.45, 7) is 2.35. The van der Waals surface area contributed by atoms with Crippen molar-refractivity contribution in [1.82, 2.24) is 18.9 Å². The largest absolute Gasteiger partial charge is 0.368 e. The molecule has 1 saturated heterocycles. The lowest BCUT2D eigenvalue weighted by molar-refractivity contribution is -0.132. The molecular formula is C22H20FN5O2. The molecule has 7 nitrogen and oxygen atoms in total. The third kappa shape index (κ3) is 3.10. The van der Waals surface area contributed by atoms with Crippen LogP contribution in [0.4, 0.5) is 10.1 Å². The second-order valence-corrected chi connectivity index (χ2v) is 7.35. The molecule has 1 aliphatic heterocycles. The van der Waals surface area contributed by atoms with Crippen molar-refractivity contribution in [1.29, 1.82) is 0 Å². The van der Waals surface area contributed by atoms with Gasteiger partial charge in [-0.2, -0.15) is 0 Å². The van der Waals surface area contributed by atoms with Crippen LogP contribution in [0.2, 0.25) is 0 Å². The Labute approximate surface area is 171 Å². The van der Waals surface area contributed by atoms with Gasteiger partial charge >= 0.3 is 0 Å². The van der Waals surface area contributed by atoms with E-state index < -0.39 is 0 Å². The molecule has 0 radical (unpaired) electrons. The monoisotopic (exact) mass is 405 g/mol. The van der Waals surface area contributed by atoms with Gasteiger partial charge in [0, 0.05) is 44.3 Å². The summed E-state index contributed by atoms with van der Waals surface area (Å²) in [5.41, 5.74) is 2.50. The van der Waals surface area contributed by atoms with E-state index >= 15 is 0 Å². The SMILES string of the molecule is O=C(Cn1c(=O)c2cccn2c2cccnc21)N1CCN(c2ccc(F)cc2)CC1. The Bertz CT molecular complexity index is 1290. The summed E-state index contributed by atoms with van der Waals surface area (Å²) in [5, 5.41) is 0. The van der Waals surface area contributed by atoms with Crippen LogP contribution in [0, 0.1) is 5.82 Å². The number of anilines is 1. The lowest BCUT2D eigenvalue weighted by Crippen LogP contribution is -2.50. The van der Waals surface area contributed by atoms with Gasteiger partial charge in [0.2, 0.25) is 5.91 Å². The van der Waals surface area contributed by atoms with E-state index in [9.17, 15) is 14.0 Å². The molecule has 8 heteroatoms. The van der Waals surface area contributed by atoms with Crippen LogP contribution in [0.25, 0.3) is 16.7 Å². The van der Waals surface area contributed by atoms with Crippen LogP contribution >= 0.6 is 0 Å². The van der Waals surface area contributed by atoms with E-state index in [1.807, 2.05) is 24.4 Å². The molecule has 1 amide bonds. The maximum Gasteiger partial charge on any atom is 0.276 e. The predicted octanol–water partition coefficient (Wildman–Crippen LogP) is 2.14. The number of amides is 1. The Hall–Kier alpha value is -3.68. The third-order valence-corrected chi connectivity index (χ3v) is 5.61. The average molecular weight is 405 g/mol. The molecule has 5 rings (SSSR count). The zero-order valence-electron chi connectivity index (χ0n) is 16.2. The van der Waals surface area contributed by atoms with Crippen molar-refractivity contribution in [3.63, 3.8) is 0 Å². The van der Waals surface area contributed by atoms with Gasteiger partial charge in [0.05, 0.1) is 5.52 Å². The summed E-state index contributed by atoms with van der Waals surface area (Å²) in [6, 6.07) is 13.6. The first-order chi connectivity index (χ1) is 14.6. The fourth-order valence-electron chi connectivity index (χ4n) is 4.03. The number of pyridine rings is 1. The maximum atomic E-state index is 13.1. The van der Waals surface area contributed by atoms with Crippen molar-refractivity contribution >= 4 is 28.3 Å². The average Bonchev–Trinajstić information content (AvgIpc) is 3.28. The molecule has 0 spiro atoms. The highest BCUT2D eigenvalue weighted by Gasteiger charge is 2.23. The minimum atomic E-state index is -0.265. The molecule has 4 aromatic rings. The van der Waals surface area contributed by atoms with Crippen LogP contribution in [0.3, 0.4) is 0 Å². The van der Waals surface area contributed by atoms with E-state index in [1.165, 1.54) is 16.7 Å². The van der Waals surface area contributed by atoms with Crippen LogP contribution in [-0.4, -0.2) is 50.9 Å². The topological polar surface area (TPSA) is 62.9 Å². The number of hydrogen-bond donors (Lipinski definition) is 0. The molecule has 3 aromatic heterocycles. The number of benzene rings is 1. The molecule has 152 valence electrons. The summed E-state index contributed by atoms with van der Waals surface area (Å²) < 4.78 is 16.4. The van der Waals surface area contributed by atoms with E-state index in [2.05, 4.69) is 9.88 Å². The molecule has 0 atom stereocenters. The van der Waals surface area contributed by atoms with Gasteiger partial charge in [-0.15, -0.1) is 0 Å². The zero-order chi connectivity index (χ0) is 20.7. The second-order valence-electron chi connectivity index (χ2n) is 7.35. The van der Waals surface area contributed by atoms with Crippen molar-refractivity contribution in [3.05, 3.63) is 77.1 Å². The van der Waals surface area contributed by atoms with E-state index in [0.717, 1.165) is 11.2 Å². The minimum Gasteiger partial charge on any atom is -0.368 e. The van der Waals surface area contributed by atoms with Gasteiger partial charge in [0.15, 0.2) is 5.65 Å². The number of halogens is 1. The Morgan fingerprint density at radius 1 is 0.967 bits per heavy atom. The normalized spacial score (nSPS) is 14.6. The molecule has 0 N–H and O–H groups in total. The molecule has 30 heavy (non-hydrogen) atoms. The van der Waals surface area contributed by atoms with Crippen molar-refractivity contribution in [2.45, 2.75) is 6.54 Å². The maximum absolute atomic E-state index is 13.1. The summed E-state index contributed by atoms with van der Waals surface area (Å²) in [6.07, 6.45) is 3.45. The molecular weight excluding hydrogens is 385 g/mol. The number of hydrogen-bond acceptors (Lipinski definition) is 4. The Morgan fingerprint density at radius 3 is 2.47 bits per heavy atom. The number of piperazine rings is 1. The molecule has 1 aromatic carbocycles. The van der Waals surface area contributed by atoms with E-state index in [4.69, 9.17) is 0 Å². The first-order valence-electron chi connectivity index (χ1n) is 9.85. The number of carbonyl (C=O) groups excluding carboxylic acids is 1. The quantitative estimate of drug-likeness (QED) is 0.524. The summed E-state index contributed by atoms with van der Waals surface area (Å²) in [7, 11) is 0. The third-order valence-electron chi connectivity index (χ3n) is 5.61. The second kappa shape index (κ2) is 7.29. The number of carbonyl (C=O) groups is 1. The fourth-order valence-corrected chi connectivity index (χ4v) is 4.03. The number of fused-ring (bicyclic) bond motifs is 3. The smallest absolute Gasteiger partial charge is 0.276 e. The number of nitrogens with zero attached hydrogens (tertiary/aromatic N) is 5. The highest BCUT2D eigenvalue weighted by molar-refractivity contribution is 5.80. The Kier molecular flexibility index (Phi) is 4.46. The Morgan fingerprint density at radius 2 is 1.70 bits per heavy atom.